The highest BCUT2D eigenvalue weighted by Crippen LogP contribution is 2.29. The Morgan fingerprint density at radius 3 is 2.30 bits per heavy atom. The molecule has 1 amide bonds. The van der Waals surface area contributed by atoms with Crippen LogP contribution in [0.5, 0.6) is 5.75 Å². The molecule has 0 saturated heterocycles. The van der Waals surface area contributed by atoms with Gasteiger partial charge in [0.15, 0.2) is 0 Å². The van der Waals surface area contributed by atoms with Gasteiger partial charge in [0, 0.05) is 27.2 Å². The van der Waals surface area contributed by atoms with Gasteiger partial charge < -0.3 is 15.0 Å². The van der Waals surface area contributed by atoms with E-state index in [1.807, 2.05) is 44.1 Å². The summed E-state index contributed by atoms with van der Waals surface area (Å²) in [6, 6.07) is 10.4. The fraction of sp³-hybridized carbons (Fsp3) is 0.409. The minimum Gasteiger partial charge on any atom is -0.496 e. The summed E-state index contributed by atoms with van der Waals surface area (Å²) in [6.45, 7) is 6.30. The van der Waals surface area contributed by atoms with Gasteiger partial charge in [-0.05, 0) is 42.3 Å². The molecule has 0 bridgehead atoms. The Labute approximate surface area is 179 Å². The number of amides is 1. The second-order valence-electron chi connectivity index (χ2n) is 7.19. The van der Waals surface area contributed by atoms with Crippen LogP contribution >= 0.6 is 0 Å². The summed E-state index contributed by atoms with van der Waals surface area (Å²) < 4.78 is 32.5. The molecule has 30 heavy (non-hydrogen) atoms. The summed E-state index contributed by atoms with van der Waals surface area (Å²) in [5, 5.41) is 2.88. The fourth-order valence-corrected chi connectivity index (χ4v) is 4.72. The van der Waals surface area contributed by atoms with Crippen molar-refractivity contribution in [2.75, 3.05) is 44.5 Å². The molecule has 7 nitrogen and oxygen atoms in total. The first kappa shape index (κ1) is 23.7. The fourth-order valence-electron chi connectivity index (χ4n) is 3.23. The summed E-state index contributed by atoms with van der Waals surface area (Å²) in [5.74, 6) is 0.489. The number of methoxy groups -OCH3 is 1. The number of hydrogen-bond acceptors (Lipinski definition) is 5. The highest BCUT2D eigenvalue weighted by atomic mass is 32.2. The van der Waals surface area contributed by atoms with Gasteiger partial charge in [-0.2, -0.15) is 4.31 Å². The van der Waals surface area contributed by atoms with Gasteiger partial charge in [-0.3, -0.25) is 4.79 Å². The molecule has 0 aliphatic carbocycles. The molecule has 2 aromatic rings. The molecule has 0 aliphatic heterocycles. The van der Waals surface area contributed by atoms with Crippen LogP contribution < -0.4 is 15.0 Å². The normalized spacial score (nSPS) is 11.4. The molecule has 0 aliphatic rings. The third kappa shape index (κ3) is 5.31. The van der Waals surface area contributed by atoms with Gasteiger partial charge in [-0.25, -0.2) is 8.42 Å². The topological polar surface area (TPSA) is 79.0 Å². The van der Waals surface area contributed by atoms with Crippen LogP contribution in [0.25, 0.3) is 0 Å². The second-order valence-corrected chi connectivity index (χ2v) is 9.13. The highest BCUT2D eigenvalue weighted by molar-refractivity contribution is 7.89. The Hall–Kier alpha value is -2.58. The number of carbonyl (C=O) groups is 1. The van der Waals surface area contributed by atoms with E-state index in [1.54, 1.807) is 33.1 Å². The zero-order valence-electron chi connectivity index (χ0n) is 18.5. The van der Waals surface area contributed by atoms with Gasteiger partial charge in [0.2, 0.25) is 15.9 Å². The number of benzene rings is 2. The van der Waals surface area contributed by atoms with Crippen LogP contribution in [0.2, 0.25) is 0 Å². The quantitative estimate of drug-likeness (QED) is 0.657. The lowest BCUT2D eigenvalue weighted by atomic mass is 10.1. The van der Waals surface area contributed by atoms with Crippen molar-refractivity contribution in [3.05, 3.63) is 47.5 Å². The Morgan fingerprint density at radius 2 is 1.73 bits per heavy atom. The lowest BCUT2D eigenvalue weighted by Gasteiger charge is -2.22. The second kappa shape index (κ2) is 9.95. The third-order valence-corrected chi connectivity index (χ3v) is 6.95. The highest BCUT2D eigenvalue weighted by Gasteiger charge is 2.23. The largest absolute Gasteiger partial charge is 0.496 e. The van der Waals surface area contributed by atoms with Gasteiger partial charge in [0.25, 0.3) is 0 Å². The SMILES string of the molecule is CCN(CC)S(=O)(=O)c1ccc(N(C)C)c(NC(=O)Cc2ccc(C)c(OC)c2)c1. The van der Waals surface area contributed by atoms with Crippen molar-refractivity contribution >= 4 is 27.3 Å². The number of hydrogen-bond donors (Lipinski definition) is 1. The first-order chi connectivity index (χ1) is 14.1. The molecule has 0 radical (unpaired) electrons. The smallest absolute Gasteiger partial charge is 0.243 e. The van der Waals surface area contributed by atoms with Gasteiger partial charge >= 0.3 is 0 Å². The lowest BCUT2D eigenvalue weighted by molar-refractivity contribution is -0.115. The zero-order valence-corrected chi connectivity index (χ0v) is 19.3. The Kier molecular flexibility index (Phi) is 7.86. The summed E-state index contributed by atoms with van der Waals surface area (Å²) in [6.07, 6.45) is 0.149. The predicted molar refractivity (Wildman–Crippen MR) is 121 cm³/mol. The van der Waals surface area contributed by atoms with E-state index in [0.717, 1.165) is 22.6 Å². The first-order valence-corrected chi connectivity index (χ1v) is 11.3. The van der Waals surface area contributed by atoms with Crippen LogP contribution in [0.3, 0.4) is 0 Å². The van der Waals surface area contributed by atoms with E-state index in [4.69, 9.17) is 4.74 Å². The number of nitrogens with one attached hydrogen (secondary N) is 1. The first-order valence-electron chi connectivity index (χ1n) is 9.88. The summed E-state index contributed by atoms with van der Waals surface area (Å²) in [4.78, 5) is 14.7. The Balaban J connectivity index is 2.34. The lowest BCUT2D eigenvalue weighted by Crippen LogP contribution is -2.30. The van der Waals surface area contributed by atoms with Crippen molar-refractivity contribution < 1.29 is 17.9 Å². The van der Waals surface area contributed by atoms with E-state index in [-0.39, 0.29) is 17.2 Å². The number of anilines is 2. The molecule has 0 atom stereocenters. The molecular formula is C22H31N3O4S. The van der Waals surface area contributed by atoms with E-state index in [2.05, 4.69) is 5.32 Å². The molecule has 0 heterocycles. The van der Waals surface area contributed by atoms with Crippen LogP contribution in [-0.2, 0) is 21.2 Å². The van der Waals surface area contributed by atoms with Crippen LogP contribution in [0.4, 0.5) is 11.4 Å². The van der Waals surface area contributed by atoms with E-state index >= 15 is 0 Å². The minimum atomic E-state index is -3.63. The molecule has 2 rings (SSSR count). The number of aryl methyl sites for hydroxylation is 1. The Morgan fingerprint density at radius 1 is 1.07 bits per heavy atom. The van der Waals surface area contributed by atoms with Crippen molar-refractivity contribution in [2.45, 2.75) is 32.1 Å². The van der Waals surface area contributed by atoms with E-state index in [9.17, 15) is 13.2 Å². The molecule has 1 N–H and O–H groups in total. The zero-order chi connectivity index (χ0) is 22.5. The molecule has 164 valence electrons. The molecule has 0 aromatic heterocycles. The van der Waals surface area contributed by atoms with Crippen LogP contribution in [-0.4, -0.2) is 52.9 Å². The summed E-state index contributed by atoms with van der Waals surface area (Å²) in [5.41, 5.74) is 2.99. The van der Waals surface area contributed by atoms with Gasteiger partial charge in [-0.15, -0.1) is 0 Å². The standard InChI is InChI=1S/C22H31N3O4S/c1-7-25(8-2)30(27,28)18-11-12-20(24(4)5)19(15-18)23-22(26)14-17-10-9-16(3)21(13-17)29-6/h9-13,15H,7-8,14H2,1-6H3,(H,23,26). The Bertz CT molecular complexity index is 999. The monoisotopic (exact) mass is 433 g/mol. The third-order valence-electron chi connectivity index (χ3n) is 4.90. The average molecular weight is 434 g/mol. The maximum Gasteiger partial charge on any atom is 0.243 e. The molecule has 8 heteroatoms. The van der Waals surface area contributed by atoms with Crippen molar-refractivity contribution in [1.29, 1.82) is 0 Å². The average Bonchev–Trinajstić information content (AvgIpc) is 2.69. The maximum atomic E-state index is 12.9. The van der Waals surface area contributed by atoms with E-state index < -0.39 is 10.0 Å². The number of rotatable bonds is 9. The van der Waals surface area contributed by atoms with Gasteiger partial charge in [0.1, 0.15) is 5.75 Å². The molecular weight excluding hydrogens is 402 g/mol. The molecule has 0 saturated carbocycles. The van der Waals surface area contributed by atoms with Gasteiger partial charge in [0.05, 0.1) is 29.8 Å². The summed E-state index contributed by atoms with van der Waals surface area (Å²) >= 11 is 0. The summed E-state index contributed by atoms with van der Waals surface area (Å²) in [7, 11) is 1.65. The number of carbonyl (C=O) groups excluding carboxylic acids is 1. The van der Waals surface area contributed by atoms with Crippen molar-refractivity contribution in [2.24, 2.45) is 0 Å². The molecule has 0 fully saturated rings. The number of nitrogens with zero attached hydrogens (tertiary/aromatic N) is 2. The van der Waals surface area contributed by atoms with Crippen LogP contribution in [0, 0.1) is 6.92 Å². The predicted octanol–water partition coefficient (Wildman–Crippen LogP) is 3.28. The number of sulfonamides is 1. The van der Waals surface area contributed by atoms with Gasteiger partial charge in [-0.1, -0.05) is 26.0 Å². The molecule has 0 spiro atoms. The molecule has 2 aromatic carbocycles. The van der Waals surface area contributed by atoms with Crippen molar-refractivity contribution in [3.63, 3.8) is 0 Å². The maximum absolute atomic E-state index is 12.9. The molecule has 0 unspecified atom stereocenters. The van der Waals surface area contributed by atoms with Crippen molar-refractivity contribution in [3.8, 4) is 5.75 Å². The van der Waals surface area contributed by atoms with E-state index in [1.165, 1.54) is 10.4 Å². The number of ether oxygens (including phenoxy) is 1. The minimum absolute atomic E-state index is 0.149. The van der Waals surface area contributed by atoms with Crippen LogP contribution in [0.15, 0.2) is 41.3 Å². The van der Waals surface area contributed by atoms with Crippen LogP contribution in [0.1, 0.15) is 25.0 Å². The van der Waals surface area contributed by atoms with E-state index in [0.29, 0.717) is 18.8 Å². The van der Waals surface area contributed by atoms with Crippen molar-refractivity contribution in [1.82, 2.24) is 4.31 Å².